The van der Waals surface area contributed by atoms with E-state index in [0.717, 1.165) is 21.2 Å². The molecule has 28 heavy (non-hydrogen) atoms. The summed E-state index contributed by atoms with van der Waals surface area (Å²) < 4.78 is 26.2. The van der Waals surface area contributed by atoms with Crippen molar-refractivity contribution in [3.8, 4) is 0 Å². The second-order valence-corrected chi connectivity index (χ2v) is 8.35. The molecule has 2 N–H and O–H groups in total. The zero-order valence-corrected chi connectivity index (χ0v) is 17.1. The molecule has 0 aliphatic carbocycles. The molecule has 0 bridgehead atoms. The van der Waals surface area contributed by atoms with Crippen molar-refractivity contribution in [1.29, 1.82) is 0 Å². The number of azo groups is 1. The number of hydrogen-bond donors (Lipinski definition) is 2. The summed E-state index contributed by atoms with van der Waals surface area (Å²) in [6.45, 7) is 1.15. The third-order valence-electron chi connectivity index (χ3n) is 4.14. The summed E-state index contributed by atoms with van der Waals surface area (Å²) in [6.07, 6.45) is 0. The second-order valence-electron chi connectivity index (χ2n) is 6.41. The number of sulfonamides is 1. The number of aliphatic hydroxyl groups is 2. The molecule has 0 aromatic heterocycles. The highest BCUT2D eigenvalue weighted by Crippen LogP contribution is 2.26. The minimum Gasteiger partial charge on any atom is -0.395 e. The zero-order valence-electron chi connectivity index (χ0n) is 16.3. The molecule has 0 fully saturated rings. The summed E-state index contributed by atoms with van der Waals surface area (Å²) in [4.78, 5) is 2.07. The molecule has 0 aliphatic rings. The molecule has 0 amide bonds. The Labute approximate surface area is 165 Å². The number of rotatable bonds is 9. The van der Waals surface area contributed by atoms with Crippen molar-refractivity contribution < 1.29 is 18.6 Å². The van der Waals surface area contributed by atoms with Gasteiger partial charge in [-0.25, -0.2) is 8.42 Å². The fourth-order valence-electron chi connectivity index (χ4n) is 2.55. The van der Waals surface area contributed by atoms with Crippen molar-refractivity contribution in [2.75, 3.05) is 45.3 Å². The number of aliphatic hydroxyl groups excluding tert-OH is 2. The molecule has 0 aliphatic heterocycles. The van der Waals surface area contributed by atoms with E-state index < -0.39 is 10.0 Å². The fourth-order valence-corrected chi connectivity index (χ4v) is 3.97. The Morgan fingerprint density at radius 3 is 2.04 bits per heavy atom. The Kier molecular flexibility index (Phi) is 7.64. The van der Waals surface area contributed by atoms with E-state index in [-0.39, 0.29) is 31.2 Å². The summed E-state index contributed by atoms with van der Waals surface area (Å²) in [7, 11) is 0.140. The summed E-state index contributed by atoms with van der Waals surface area (Å²) in [6, 6.07) is 11.9. The lowest BCUT2D eigenvalue weighted by Crippen LogP contribution is -2.35. The minimum absolute atomic E-state index is 0.0693. The molecule has 0 heterocycles. The topological polar surface area (TPSA) is 106 Å². The third kappa shape index (κ3) is 5.35. The van der Waals surface area contributed by atoms with E-state index in [1.54, 1.807) is 12.1 Å². The van der Waals surface area contributed by atoms with Gasteiger partial charge in [0, 0.05) is 32.9 Å². The molecule has 9 heteroatoms. The average Bonchev–Trinajstić information content (AvgIpc) is 2.67. The lowest BCUT2D eigenvalue weighted by molar-refractivity contribution is 0.217. The van der Waals surface area contributed by atoms with E-state index in [4.69, 9.17) is 10.2 Å². The van der Waals surface area contributed by atoms with Gasteiger partial charge in [-0.2, -0.15) is 14.5 Å². The lowest BCUT2D eigenvalue weighted by Gasteiger charge is -2.20. The lowest BCUT2D eigenvalue weighted by atomic mass is 10.2. The normalized spacial score (nSPS) is 12.1. The van der Waals surface area contributed by atoms with Crippen molar-refractivity contribution in [1.82, 2.24) is 4.31 Å². The molecule has 0 spiro atoms. The number of benzene rings is 2. The first kappa shape index (κ1) is 22.0. The van der Waals surface area contributed by atoms with Crippen molar-refractivity contribution in [2.24, 2.45) is 10.2 Å². The maximum atomic E-state index is 12.6. The van der Waals surface area contributed by atoms with Crippen molar-refractivity contribution in [3.05, 3.63) is 48.0 Å². The zero-order chi connectivity index (χ0) is 20.7. The van der Waals surface area contributed by atoms with Crippen LogP contribution in [0.15, 0.2) is 57.6 Å². The number of anilines is 1. The fraction of sp³-hybridized carbons (Fsp3) is 0.368. The first-order valence-corrected chi connectivity index (χ1v) is 10.2. The molecule has 2 aromatic rings. The van der Waals surface area contributed by atoms with Crippen LogP contribution in [0.25, 0.3) is 0 Å². The summed E-state index contributed by atoms with van der Waals surface area (Å²) >= 11 is 0. The van der Waals surface area contributed by atoms with Gasteiger partial charge in [0.05, 0.1) is 29.5 Å². The van der Waals surface area contributed by atoms with Crippen molar-refractivity contribution in [3.63, 3.8) is 0 Å². The Morgan fingerprint density at radius 1 is 0.929 bits per heavy atom. The van der Waals surface area contributed by atoms with E-state index in [2.05, 4.69) is 10.2 Å². The van der Waals surface area contributed by atoms with Crippen LogP contribution in [0.3, 0.4) is 0 Å². The Bertz CT molecular complexity index is 906. The number of nitrogens with zero attached hydrogens (tertiary/aromatic N) is 4. The van der Waals surface area contributed by atoms with Crippen LogP contribution in [0, 0.1) is 6.92 Å². The highest BCUT2D eigenvalue weighted by molar-refractivity contribution is 7.89. The Balaban J connectivity index is 2.19. The van der Waals surface area contributed by atoms with Crippen molar-refractivity contribution in [2.45, 2.75) is 11.8 Å². The maximum Gasteiger partial charge on any atom is 0.243 e. The summed E-state index contributed by atoms with van der Waals surface area (Å²) in [5.41, 5.74) is 3.31. The summed E-state index contributed by atoms with van der Waals surface area (Å²) in [5, 5.41) is 26.5. The Hall–Kier alpha value is -2.33. The van der Waals surface area contributed by atoms with Crippen LogP contribution in [0.5, 0.6) is 0 Å². The Morgan fingerprint density at radius 2 is 1.54 bits per heavy atom. The third-order valence-corrected chi connectivity index (χ3v) is 6.06. The number of aryl methyl sites for hydroxylation is 1. The monoisotopic (exact) mass is 406 g/mol. The molecule has 152 valence electrons. The van der Waals surface area contributed by atoms with Crippen LogP contribution in [-0.2, 0) is 10.0 Å². The minimum atomic E-state index is -3.79. The van der Waals surface area contributed by atoms with Crippen LogP contribution in [0.4, 0.5) is 17.1 Å². The molecule has 0 radical (unpaired) electrons. The van der Waals surface area contributed by atoms with E-state index in [0.29, 0.717) is 5.69 Å². The van der Waals surface area contributed by atoms with Crippen LogP contribution in [0.1, 0.15) is 5.56 Å². The molecule has 2 rings (SSSR count). The highest BCUT2D eigenvalue weighted by atomic mass is 32.2. The van der Waals surface area contributed by atoms with Gasteiger partial charge in [-0.1, -0.05) is 0 Å². The largest absolute Gasteiger partial charge is 0.395 e. The smallest absolute Gasteiger partial charge is 0.243 e. The molecular weight excluding hydrogens is 380 g/mol. The predicted molar refractivity (Wildman–Crippen MR) is 109 cm³/mol. The van der Waals surface area contributed by atoms with Gasteiger partial charge in [-0.3, -0.25) is 0 Å². The quantitative estimate of drug-likeness (QED) is 0.622. The van der Waals surface area contributed by atoms with Gasteiger partial charge in [0.1, 0.15) is 0 Å². The van der Waals surface area contributed by atoms with Crippen LogP contribution in [0.2, 0.25) is 0 Å². The molecular formula is C19H26N4O4S. The molecule has 0 saturated heterocycles. The highest BCUT2D eigenvalue weighted by Gasteiger charge is 2.23. The van der Waals surface area contributed by atoms with Crippen LogP contribution in [-0.4, -0.2) is 63.3 Å². The molecule has 0 atom stereocenters. The van der Waals surface area contributed by atoms with Gasteiger partial charge in [-0.05, 0) is 55.0 Å². The van der Waals surface area contributed by atoms with E-state index in [1.807, 2.05) is 44.1 Å². The summed E-state index contributed by atoms with van der Waals surface area (Å²) in [5.74, 6) is 0. The van der Waals surface area contributed by atoms with Gasteiger partial charge in [-0.15, -0.1) is 0 Å². The SMILES string of the molecule is Cc1cc(N(C)C)ccc1N=Nc1ccc(S(=O)(=O)N(CCO)CCO)cc1. The molecule has 2 aromatic carbocycles. The van der Waals surface area contributed by atoms with Gasteiger partial charge in [0.15, 0.2) is 0 Å². The molecule has 8 nitrogen and oxygen atoms in total. The maximum absolute atomic E-state index is 12.6. The number of hydrogen-bond acceptors (Lipinski definition) is 7. The first-order valence-electron chi connectivity index (χ1n) is 8.81. The van der Waals surface area contributed by atoms with Gasteiger partial charge in [0.25, 0.3) is 0 Å². The predicted octanol–water partition coefficient (Wildman–Crippen LogP) is 2.45. The van der Waals surface area contributed by atoms with Crippen molar-refractivity contribution >= 4 is 27.1 Å². The first-order chi connectivity index (χ1) is 13.3. The standard InChI is InChI=1S/C19H26N4O4S/c1-15-14-17(22(2)3)6-9-19(15)21-20-16-4-7-18(8-5-16)28(26,27)23(10-12-24)11-13-25/h4-9,14,24-25H,10-13H2,1-3H3. The second kappa shape index (κ2) is 9.74. The van der Waals surface area contributed by atoms with Crippen LogP contribution >= 0.6 is 0 Å². The van der Waals surface area contributed by atoms with Gasteiger partial charge in [0.2, 0.25) is 10.0 Å². The van der Waals surface area contributed by atoms with Crippen LogP contribution < -0.4 is 4.90 Å². The molecule has 0 unspecified atom stereocenters. The van der Waals surface area contributed by atoms with Gasteiger partial charge >= 0.3 is 0 Å². The average molecular weight is 407 g/mol. The van der Waals surface area contributed by atoms with E-state index in [9.17, 15) is 8.42 Å². The molecule has 0 saturated carbocycles. The van der Waals surface area contributed by atoms with E-state index in [1.165, 1.54) is 12.1 Å². The van der Waals surface area contributed by atoms with Gasteiger partial charge < -0.3 is 15.1 Å². The van der Waals surface area contributed by atoms with E-state index >= 15 is 0 Å².